The number of benzene rings is 1. The third-order valence-electron chi connectivity index (χ3n) is 3.57. The monoisotopic (exact) mass is 271 g/mol. The molecule has 0 unspecified atom stereocenters. The lowest BCUT2D eigenvalue weighted by Crippen LogP contribution is -2.22. The van der Waals surface area contributed by atoms with Crippen molar-refractivity contribution in [1.82, 2.24) is 15.1 Å². The molecule has 0 atom stereocenters. The van der Waals surface area contributed by atoms with E-state index in [9.17, 15) is 0 Å². The average molecular weight is 271 g/mol. The van der Waals surface area contributed by atoms with E-state index in [-0.39, 0.29) is 0 Å². The molecule has 20 heavy (non-hydrogen) atoms. The number of nitrogens with one attached hydrogen (secondary N) is 1. The van der Waals surface area contributed by atoms with Gasteiger partial charge in [0.05, 0.1) is 11.9 Å². The van der Waals surface area contributed by atoms with E-state index in [4.69, 9.17) is 0 Å². The second kappa shape index (κ2) is 6.23. The van der Waals surface area contributed by atoms with Crippen LogP contribution in [0.25, 0.3) is 5.69 Å². The molecule has 0 saturated heterocycles. The first-order valence-electron chi connectivity index (χ1n) is 7.39. The second-order valence-electron chi connectivity index (χ2n) is 5.71. The van der Waals surface area contributed by atoms with Crippen LogP contribution in [-0.4, -0.2) is 15.8 Å². The Hall–Kier alpha value is -1.61. The van der Waals surface area contributed by atoms with Crippen LogP contribution in [0.5, 0.6) is 0 Å². The van der Waals surface area contributed by atoms with Gasteiger partial charge in [0, 0.05) is 23.8 Å². The molecule has 1 N–H and O–H groups in total. The average Bonchev–Trinajstić information content (AvgIpc) is 2.79. The van der Waals surface area contributed by atoms with Gasteiger partial charge in [0.1, 0.15) is 0 Å². The highest BCUT2D eigenvalue weighted by molar-refractivity contribution is 5.44. The Bertz CT molecular complexity index is 582. The van der Waals surface area contributed by atoms with Crippen molar-refractivity contribution in [3.05, 3.63) is 46.8 Å². The maximum Gasteiger partial charge on any atom is 0.0678 e. The van der Waals surface area contributed by atoms with Gasteiger partial charge >= 0.3 is 0 Å². The highest BCUT2D eigenvalue weighted by atomic mass is 15.3. The minimum atomic E-state index is 0.490. The zero-order chi connectivity index (χ0) is 14.7. The summed E-state index contributed by atoms with van der Waals surface area (Å²) in [5.41, 5.74) is 6.33. The largest absolute Gasteiger partial charge is 0.310 e. The number of nitrogens with zero attached hydrogens (tertiary/aromatic N) is 2. The first kappa shape index (κ1) is 14.8. The van der Waals surface area contributed by atoms with Gasteiger partial charge in [0.25, 0.3) is 0 Å². The van der Waals surface area contributed by atoms with E-state index in [1.54, 1.807) is 0 Å². The summed E-state index contributed by atoms with van der Waals surface area (Å²) >= 11 is 0. The van der Waals surface area contributed by atoms with Gasteiger partial charge in [-0.15, -0.1) is 0 Å². The predicted octanol–water partition coefficient (Wildman–Crippen LogP) is 3.55. The van der Waals surface area contributed by atoms with Crippen LogP contribution in [0.3, 0.4) is 0 Å². The Morgan fingerprint density at radius 1 is 1.25 bits per heavy atom. The lowest BCUT2D eigenvalue weighted by atomic mass is 10.1. The van der Waals surface area contributed by atoms with Crippen molar-refractivity contribution in [3.8, 4) is 5.69 Å². The zero-order valence-corrected chi connectivity index (χ0v) is 13.2. The van der Waals surface area contributed by atoms with Gasteiger partial charge in [-0.2, -0.15) is 5.10 Å². The Kier molecular flexibility index (Phi) is 4.61. The number of aromatic nitrogens is 2. The molecular weight excluding hydrogens is 246 g/mol. The Balaban J connectivity index is 2.37. The second-order valence-corrected chi connectivity index (χ2v) is 5.71. The molecule has 0 fully saturated rings. The van der Waals surface area contributed by atoms with E-state index in [1.807, 2.05) is 6.20 Å². The maximum atomic E-state index is 4.60. The zero-order valence-electron chi connectivity index (χ0n) is 13.2. The molecule has 0 aliphatic heterocycles. The minimum Gasteiger partial charge on any atom is -0.310 e. The fraction of sp³-hybridized carbons (Fsp3) is 0.471. The highest BCUT2D eigenvalue weighted by Crippen LogP contribution is 2.20. The molecule has 0 aliphatic carbocycles. The van der Waals surface area contributed by atoms with Crippen molar-refractivity contribution in [2.75, 3.05) is 0 Å². The third-order valence-corrected chi connectivity index (χ3v) is 3.57. The molecule has 3 heteroatoms. The first-order valence-corrected chi connectivity index (χ1v) is 7.39. The van der Waals surface area contributed by atoms with E-state index in [0.29, 0.717) is 6.04 Å². The molecule has 2 aromatic rings. The van der Waals surface area contributed by atoms with Gasteiger partial charge in [0.15, 0.2) is 0 Å². The summed E-state index contributed by atoms with van der Waals surface area (Å²) in [6.07, 6.45) is 2.98. The predicted molar refractivity (Wildman–Crippen MR) is 84.4 cm³/mol. The van der Waals surface area contributed by atoms with Crippen LogP contribution in [0.4, 0.5) is 0 Å². The van der Waals surface area contributed by atoms with Gasteiger partial charge in [-0.25, -0.2) is 4.68 Å². The van der Waals surface area contributed by atoms with Crippen molar-refractivity contribution < 1.29 is 0 Å². The van der Waals surface area contributed by atoms with Crippen molar-refractivity contribution in [2.24, 2.45) is 0 Å². The Labute approximate surface area is 122 Å². The molecule has 1 aromatic heterocycles. The van der Waals surface area contributed by atoms with Gasteiger partial charge in [-0.05, 0) is 31.9 Å². The topological polar surface area (TPSA) is 29.9 Å². The van der Waals surface area contributed by atoms with Crippen LogP contribution in [0, 0.1) is 13.8 Å². The third kappa shape index (κ3) is 3.10. The summed E-state index contributed by atoms with van der Waals surface area (Å²) in [7, 11) is 0. The van der Waals surface area contributed by atoms with Gasteiger partial charge in [0.2, 0.25) is 0 Å². The number of aryl methyl sites for hydroxylation is 2. The molecule has 0 radical (unpaired) electrons. The van der Waals surface area contributed by atoms with Crippen LogP contribution in [0.2, 0.25) is 0 Å². The molecule has 2 rings (SSSR count). The normalized spacial score (nSPS) is 11.3. The molecule has 0 spiro atoms. The van der Waals surface area contributed by atoms with Crippen molar-refractivity contribution in [3.63, 3.8) is 0 Å². The van der Waals surface area contributed by atoms with Crippen molar-refractivity contribution in [1.29, 1.82) is 0 Å². The molecule has 1 heterocycles. The van der Waals surface area contributed by atoms with E-state index >= 15 is 0 Å². The molecule has 0 amide bonds. The van der Waals surface area contributed by atoms with Gasteiger partial charge < -0.3 is 5.32 Å². The fourth-order valence-corrected chi connectivity index (χ4v) is 2.50. The van der Waals surface area contributed by atoms with Crippen LogP contribution in [0.1, 0.15) is 43.2 Å². The molecule has 1 aromatic carbocycles. The molecule has 0 aliphatic rings. The van der Waals surface area contributed by atoms with E-state index in [2.05, 4.69) is 67.9 Å². The van der Waals surface area contributed by atoms with Crippen LogP contribution in [0.15, 0.2) is 24.4 Å². The molecular formula is C17H25N3. The lowest BCUT2D eigenvalue weighted by Gasteiger charge is -2.12. The minimum absolute atomic E-state index is 0.490. The number of hydrogen-bond acceptors (Lipinski definition) is 2. The summed E-state index contributed by atoms with van der Waals surface area (Å²) in [6, 6.07) is 7.01. The summed E-state index contributed by atoms with van der Waals surface area (Å²) in [5.74, 6) is 0. The fourth-order valence-electron chi connectivity index (χ4n) is 2.50. The molecule has 0 bridgehead atoms. The van der Waals surface area contributed by atoms with Crippen LogP contribution >= 0.6 is 0 Å². The number of rotatable bonds is 5. The van der Waals surface area contributed by atoms with Crippen molar-refractivity contribution >= 4 is 0 Å². The standard InChI is InChI=1S/C17H25N3/c1-6-16-15(10-18-12(2)3)11-19-20(16)17-8-7-13(4)9-14(17)5/h7-9,11-12,18H,6,10H2,1-5H3. The van der Waals surface area contributed by atoms with Gasteiger partial charge in [-0.3, -0.25) is 0 Å². The van der Waals surface area contributed by atoms with Crippen LogP contribution < -0.4 is 5.32 Å². The summed E-state index contributed by atoms with van der Waals surface area (Å²) in [4.78, 5) is 0. The maximum absolute atomic E-state index is 4.60. The van der Waals surface area contributed by atoms with E-state index in [0.717, 1.165) is 13.0 Å². The van der Waals surface area contributed by atoms with Crippen molar-refractivity contribution in [2.45, 2.75) is 53.6 Å². The molecule has 3 nitrogen and oxygen atoms in total. The quantitative estimate of drug-likeness (QED) is 0.901. The number of hydrogen-bond donors (Lipinski definition) is 1. The summed E-state index contributed by atoms with van der Waals surface area (Å²) < 4.78 is 2.09. The summed E-state index contributed by atoms with van der Waals surface area (Å²) in [5, 5.41) is 8.07. The smallest absolute Gasteiger partial charge is 0.0678 e. The lowest BCUT2D eigenvalue weighted by molar-refractivity contribution is 0.586. The van der Waals surface area contributed by atoms with E-state index in [1.165, 1.54) is 28.1 Å². The van der Waals surface area contributed by atoms with Gasteiger partial charge in [-0.1, -0.05) is 38.5 Å². The Morgan fingerprint density at radius 2 is 2.00 bits per heavy atom. The van der Waals surface area contributed by atoms with E-state index < -0.39 is 0 Å². The summed E-state index contributed by atoms with van der Waals surface area (Å²) in [6.45, 7) is 11.7. The van der Waals surface area contributed by atoms with Crippen LogP contribution in [-0.2, 0) is 13.0 Å². The first-order chi connectivity index (χ1) is 9.52. The highest BCUT2D eigenvalue weighted by Gasteiger charge is 2.12. The SMILES string of the molecule is CCc1c(CNC(C)C)cnn1-c1ccc(C)cc1C. The molecule has 108 valence electrons. The molecule has 0 saturated carbocycles. The Morgan fingerprint density at radius 3 is 2.60 bits per heavy atom.